The molecular weight excluding hydrogens is 528 g/mol. The van der Waals surface area contributed by atoms with E-state index in [4.69, 9.17) is 23.2 Å². The van der Waals surface area contributed by atoms with E-state index in [2.05, 4.69) is 109 Å². The van der Waals surface area contributed by atoms with Crippen LogP contribution in [0.1, 0.15) is 12.8 Å². The van der Waals surface area contributed by atoms with Crippen LogP contribution in [0.5, 0.6) is 0 Å². The van der Waals surface area contributed by atoms with Gasteiger partial charge in [0.25, 0.3) is 0 Å². The summed E-state index contributed by atoms with van der Waals surface area (Å²) in [6, 6.07) is 42.6. The van der Waals surface area contributed by atoms with Crippen LogP contribution in [0.2, 0.25) is 0 Å². The van der Waals surface area contributed by atoms with Gasteiger partial charge in [0.05, 0.1) is 0 Å². The van der Waals surface area contributed by atoms with Crippen LogP contribution >= 0.6 is 39.0 Å². The molecule has 33 heavy (non-hydrogen) atoms. The van der Waals surface area contributed by atoms with Crippen molar-refractivity contribution in [3.8, 4) is 0 Å². The van der Waals surface area contributed by atoms with Crippen LogP contribution in [0.3, 0.4) is 0 Å². The zero-order chi connectivity index (χ0) is 22.2. The van der Waals surface area contributed by atoms with Crippen molar-refractivity contribution in [1.82, 2.24) is 0 Å². The fourth-order valence-corrected chi connectivity index (χ4v) is 10.0. The third kappa shape index (κ3) is 7.15. The Balaban J connectivity index is 0.00000306. The fourth-order valence-electron chi connectivity index (χ4n) is 3.87. The van der Waals surface area contributed by atoms with Gasteiger partial charge < -0.3 is 0 Å². The Morgan fingerprint density at radius 3 is 1.21 bits per heavy atom. The molecule has 0 saturated heterocycles. The number of halogens is 2. The van der Waals surface area contributed by atoms with Gasteiger partial charge in [-0.15, -0.1) is 0 Å². The van der Waals surface area contributed by atoms with Crippen molar-refractivity contribution in [2.24, 2.45) is 0 Å². The molecule has 0 atom stereocenters. The molecule has 0 bridgehead atoms. The van der Waals surface area contributed by atoms with Gasteiger partial charge in [-0.1, -0.05) is 145 Å². The largest absolute Gasteiger partial charge is 2.00 e. The first-order valence-electron chi connectivity index (χ1n) is 10.8. The van der Waals surface area contributed by atoms with Crippen molar-refractivity contribution in [2.75, 3.05) is 6.16 Å². The fraction of sp³-hybridized carbons (Fsp3) is 0.143. The molecule has 0 aliphatic heterocycles. The Kier molecular flexibility index (Phi) is 10.4. The van der Waals surface area contributed by atoms with Gasteiger partial charge in [0.15, 0.2) is 0 Å². The van der Waals surface area contributed by atoms with Gasteiger partial charge in [-0.25, -0.2) is 0 Å². The van der Waals surface area contributed by atoms with Gasteiger partial charge in [-0.3, -0.25) is 0 Å². The summed E-state index contributed by atoms with van der Waals surface area (Å²) >= 11 is 14.3. The predicted octanol–water partition coefficient (Wildman–Crippen LogP) is 7.16. The molecule has 0 unspecified atom stereocenters. The van der Waals surface area contributed by atoms with E-state index in [1.165, 1.54) is 21.2 Å². The number of alkyl halides is 2. The van der Waals surface area contributed by atoms with Crippen molar-refractivity contribution >= 4 is 60.3 Å². The molecule has 0 N–H and O–H groups in total. The summed E-state index contributed by atoms with van der Waals surface area (Å²) < 4.78 is -0.827. The van der Waals surface area contributed by atoms with E-state index in [1.54, 1.807) is 0 Å². The number of benzene rings is 4. The molecule has 0 aliphatic carbocycles. The second-order valence-corrected chi connectivity index (χ2v) is 14.4. The van der Waals surface area contributed by atoms with E-state index in [0.717, 1.165) is 19.0 Å². The minimum absolute atomic E-state index is 0. The molecule has 0 fully saturated rings. The monoisotopic (exact) mass is 552 g/mol. The van der Waals surface area contributed by atoms with Crippen LogP contribution in [-0.4, -0.2) is 10.2 Å². The molecule has 0 saturated carbocycles. The quantitative estimate of drug-likeness (QED) is 0.117. The van der Waals surface area contributed by atoms with Crippen molar-refractivity contribution in [1.29, 1.82) is 0 Å². The molecule has 0 nitrogen and oxygen atoms in total. The number of rotatable bonds is 9. The predicted molar refractivity (Wildman–Crippen MR) is 147 cm³/mol. The van der Waals surface area contributed by atoms with Crippen LogP contribution in [0.25, 0.3) is 0 Å². The normalized spacial score (nSPS) is 11.4. The van der Waals surface area contributed by atoms with Crippen LogP contribution in [0.15, 0.2) is 121 Å². The Morgan fingerprint density at radius 1 is 0.515 bits per heavy atom. The first-order valence-corrected chi connectivity index (χ1v) is 14.4. The van der Waals surface area contributed by atoms with Crippen molar-refractivity contribution in [2.45, 2.75) is 16.9 Å². The van der Waals surface area contributed by atoms with Crippen LogP contribution < -0.4 is 21.2 Å². The first kappa shape index (κ1) is 26.4. The summed E-state index contributed by atoms with van der Waals surface area (Å²) in [5.41, 5.74) is 0. The molecule has 170 valence electrons. The molecule has 0 aliphatic rings. The maximum atomic E-state index is 7.15. The molecule has 0 amide bonds. The van der Waals surface area contributed by atoms with Gasteiger partial charge in [-0.05, 0) is 56.1 Å². The molecular formula is C28H26Cl2NiP2+2. The van der Waals surface area contributed by atoms with E-state index in [0.29, 0.717) is 0 Å². The second kappa shape index (κ2) is 13.0. The summed E-state index contributed by atoms with van der Waals surface area (Å²) in [4.78, 5) is 0. The van der Waals surface area contributed by atoms with Gasteiger partial charge in [0, 0.05) is 0 Å². The summed E-state index contributed by atoms with van der Waals surface area (Å²) in [6.45, 7) is 0. The van der Waals surface area contributed by atoms with Gasteiger partial charge in [-0.2, -0.15) is 0 Å². The van der Waals surface area contributed by atoms with Gasteiger partial charge in [0.2, 0.25) is 0 Å². The van der Waals surface area contributed by atoms with Gasteiger partial charge >= 0.3 is 16.5 Å². The van der Waals surface area contributed by atoms with Crippen molar-refractivity contribution in [3.63, 3.8) is 0 Å². The molecule has 5 heteroatoms. The van der Waals surface area contributed by atoms with Crippen molar-refractivity contribution < 1.29 is 16.5 Å². The zero-order valence-corrected chi connectivity index (χ0v) is 22.4. The molecule has 0 heterocycles. The first-order chi connectivity index (χ1) is 15.6. The molecule has 0 radical (unpaired) electrons. The van der Waals surface area contributed by atoms with E-state index >= 15 is 0 Å². The Bertz CT molecular complexity index is 999. The second-order valence-electron chi connectivity index (χ2n) is 7.60. The average molecular weight is 554 g/mol. The van der Waals surface area contributed by atoms with Crippen LogP contribution in [-0.2, 0) is 16.5 Å². The van der Waals surface area contributed by atoms with Crippen LogP contribution in [0.4, 0.5) is 0 Å². The molecule has 0 aromatic heterocycles. The Morgan fingerprint density at radius 2 is 0.848 bits per heavy atom. The Labute approximate surface area is 220 Å². The molecule has 0 spiro atoms. The molecule has 4 rings (SSSR count). The van der Waals surface area contributed by atoms with Crippen LogP contribution in [0, 0.1) is 0 Å². The molecule has 4 aromatic rings. The zero-order valence-electron chi connectivity index (χ0n) is 18.1. The minimum Gasteiger partial charge on any atom is -0.0958 e. The summed E-state index contributed by atoms with van der Waals surface area (Å²) in [6.07, 6.45) is 2.79. The molecule has 4 aromatic carbocycles. The standard InChI is InChI=1S/C28H26Cl2P2.Ni/c29-28(30,32(26-18-9-3-10-19-26)27-20-11-4-12-21-27)22-13-23-31(24-14-5-1-6-15-24)25-16-7-2-8-17-25;/h1-12,14-21H,13,22-23H2;/q;+2. The number of hydrogen-bond acceptors (Lipinski definition) is 0. The number of hydrogen-bond donors (Lipinski definition) is 0. The third-order valence-corrected chi connectivity index (χ3v) is 11.9. The summed E-state index contributed by atoms with van der Waals surface area (Å²) in [5, 5.41) is 5.23. The smallest absolute Gasteiger partial charge is 0.0958 e. The minimum atomic E-state index is -0.895. The SMILES string of the molecule is ClC(Cl)(CCCP(c1ccccc1)c1ccccc1)P(c1ccccc1)c1ccccc1.[Ni+2]. The Hall–Kier alpha value is -1.19. The maximum Gasteiger partial charge on any atom is 2.00 e. The average Bonchev–Trinajstić information content (AvgIpc) is 2.84. The summed E-state index contributed by atoms with van der Waals surface area (Å²) in [7, 11) is -1.34. The van der Waals surface area contributed by atoms with E-state index in [-0.39, 0.29) is 16.5 Å². The topological polar surface area (TPSA) is 0 Å². The van der Waals surface area contributed by atoms with Crippen molar-refractivity contribution in [3.05, 3.63) is 121 Å². The summed E-state index contributed by atoms with van der Waals surface area (Å²) in [5.74, 6) is 0. The third-order valence-electron chi connectivity index (χ3n) is 5.35. The maximum absolute atomic E-state index is 7.15. The van der Waals surface area contributed by atoms with E-state index in [9.17, 15) is 0 Å². The van der Waals surface area contributed by atoms with Gasteiger partial charge in [0.1, 0.15) is 4.07 Å². The van der Waals surface area contributed by atoms with E-state index < -0.39 is 19.9 Å². The van der Waals surface area contributed by atoms with E-state index in [1.807, 2.05) is 12.1 Å².